The molecule has 0 fully saturated rings. The fraction of sp³-hybridized carbons (Fsp3) is 0.316. The number of nitrogens with one attached hydrogen (secondary N) is 2. The second-order valence-corrected chi connectivity index (χ2v) is 7.24. The first-order valence-electron chi connectivity index (χ1n) is 8.59. The van der Waals surface area contributed by atoms with E-state index in [-0.39, 0.29) is 0 Å². The van der Waals surface area contributed by atoms with Crippen LogP contribution in [-0.2, 0) is 13.1 Å². The number of aromatic nitrogens is 2. The summed E-state index contributed by atoms with van der Waals surface area (Å²) < 4.78 is 5.59. The molecular weight excluding hydrogens is 346 g/mol. The molecule has 0 radical (unpaired) electrons. The third kappa shape index (κ3) is 4.92. The molecule has 2 N–H and O–H groups in total. The first-order valence-corrected chi connectivity index (χ1v) is 9.40. The first-order chi connectivity index (χ1) is 12.6. The molecule has 1 aromatic carbocycles. The van der Waals surface area contributed by atoms with Gasteiger partial charge in [0.2, 0.25) is 5.89 Å². The smallest absolute Gasteiger partial charge is 0.226 e. The Kier molecular flexibility index (Phi) is 6.01. The molecule has 3 aromatic rings. The van der Waals surface area contributed by atoms with Gasteiger partial charge in [-0.15, -0.1) is 11.3 Å². The van der Waals surface area contributed by atoms with Crippen LogP contribution < -0.4 is 10.6 Å². The Labute approximate surface area is 157 Å². The number of hydrogen-bond acceptors (Lipinski definition) is 5. The largest absolute Gasteiger partial charge is 0.444 e. The molecule has 2 heterocycles. The zero-order valence-corrected chi connectivity index (χ0v) is 16.1. The molecule has 0 aliphatic carbocycles. The van der Waals surface area contributed by atoms with Crippen LogP contribution in [0.15, 0.2) is 46.1 Å². The van der Waals surface area contributed by atoms with Crippen molar-refractivity contribution in [2.24, 2.45) is 4.99 Å². The van der Waals surface area contributed by atoms with Gasteiger partial charge in [-0.2, -0.15) is 0 Å². The van der Waals surface area contributed by atoms with Crippen molar-refractivity contribution in [3.05, 3.63) is 57.9 Å². The van der Waals surface area contributed by atoms with Gasteiger partial charge >= 0.3 is 0 Å². The van der Waals surface area contributed by atoms with Crippen LogP contribution in [0, 0.1) is 13.8 Å². The Morgan fingerprint density at radius 3 is 2.69 bits per heavy atom. The fourth-order valence-corrected chi connectivity index (χ4v) is 3.08. The summed E-state index contributed by atoms with van der Waals surface area (Å²) in [6.07, 6.45) is 3.54. The number of oxazole rings is 1. The van der Waals surface area contributed by atoms with E-state index in [1.54, 1.807) is 17.6 Å². The molecular formula is C19H23N5OS. The number of nitrogens with zero attached hydrogens (tertiary/aromatic N) is 3. The lowest BCUT2D eigenvalue weighted by Crippen LogP contribution is -2.36. The fourth-order valence-electron chi connectivity index (χ4n) is 2.35. The molecule has 0 bridgehead atoms. The standard InChI is InChI=1S/C19H23N5OS/c1-4-20-19(23-11-17-21-9-14(3)26-17)22-10-16-12-25-18(24-16)15-7-5-13(2)6-8-15/h5-9,12H,4,10-11H2,1-3H3,(H2,20,22,23). The Hall–Kier alpha value is -2.67. The highest BCUT2D eigenvalue weighted by Gasteiger charge is 2.07. The molecule has 2 aromatic heterocycles. The lowest BCUT2D eigenvalue weighted by Gasteiger charge is -2.09. The number of thiazole rings is 1. The minimum atomic E-state index is 0.446. The van der Waals surface area contributed by atoms with Gasteiger partial charge in [0, 0.05) is 23.2 Å². The Balaban J connectivity index is 1.62. The number of guanidine groups is 1. The monoisotopic (exact) mass is 369 g/mol. The summed E-state index contributed by atoms with van der Waals surface area (Å²) in [4.78, 5) is 14.7. The third-order valence-corrected chi connectivity index (χ3v) is 4.58. The number of benzene rings is 1. The van der Waals surface area contributed by atoms with Crippen molar-refractivity contribution < 1.29 is 4.42 Å². The van der Waals surface area contributed by atoms with Crippen molar-refractivity contribution in [2.45, 2.75) is 33.9 Å². The van der Waals surface area contributed by atoms with E-state index >= 15 is 0 Å². The molecule has 7 heteroatoms. The van der Waals surface area contributed by atoms with E-state index in [0.717, 1.165) is 28.8 Å². The van der Waals surface area contributed by atoms with Crippen LogP contribution >= 0.6 is 11.3 Å². The number of rotatable bonds is 6. The minimum absolute atomic E-state index is 0.446. The van der Waals surface area contributed by atoms with Gasteiger partial charge in [0.15, 0.2) is 5.96 Å². The lowest BCUT2D eigenvalue weighted by molar-refractivity contribution is 0.572. The topological polar surface area (TPSA) is 75.3 Å². The van der Waals surface area contributed by atoms with Crippen molar-refractivity contribution in [3.63, 3.8) is 0 Å². The van der Waals surface area contributed by atoms with Gasteiger partial charge in [-0.3, -0.25) is 0 Å². The number of aryl methyl sites for hydroxylation is 2. The normalized spacial score (nSPS) is 11.6. The van der Waals surface area contributed by atoms with Gasteiger partial charge in [0.05, 0.1) is 13.1 Å². The van der Waals surface area contributed by atoms with Crippen molar-refractivity contribution in [1.82, 2.24) is 20.6 Å². The van der Waals surface area contributed by atoms with Crippen molar-refractivity contribution >= 4 is 17.3 Å². The quantitative estimate of drug-likeness (QED) is 0.512. The van der Waals surface area contributed by atoms with Crippen LogP contribution in [0.25, 0.3) is 11.5 Å². The summed E-state index contributed by atoms with van der Waals surface area (Å²) in [5, 5.41) is 7.56. The van der Waals surface area contributed by atoms with Crippen LogP contribution in [0.5, 0.6) is 0 Å². The molecule has 6 nitrogen and oxygen atoms in total. The first kappa shape index (κ1) is 18.1. The highest BCUT2D eigenvalue weighted by molar-refractivity contribution is 7.11. The van der Waals surface area contributed by atoms with Crippen LogP contribution in [0.4, 0.5) is 0 Å². The average molecular weight is 369 g/mol. The van der Waals surface area contributed by atoms with Crippen LogP contribution in [0.3, 0.4) is 0 Å². The minimum Gasteiger partial charge on any atom is -0.444 e. The van der Waals surface area contributed by atoms with E-state index in [1.807, 2.05) is 37.4 Å². The van der Waals surface area contributed by atoms with Crippen molar-refractivity contribution in [1.29, 1.82) is 0 Å². The lowest BCUT2D eigenvalue weighted by atomic mass is 10.1. The highest BCUT2D eigenvalue weighted by Crippen LogP contribution is 2.19. The van der Waals surface area contributed by atoms with Gasteiger partial charge in [-0.25, -0.2) is 15.0 Å². The number of aliphatic imine (C=N–C) groups is 1. The van der Waals surface area contributed by atoms with Gasteiger partial charge < -0.3 is 15.1 Å². The van der Waals surface area contributed by atoms with Crippen molar-refractivity contribution in [2.75, 3.05) is 6.54 Å². The summed E-state index contributed by atoms with van der Waals surface area (Å²) >= 11 is 1.68. The number of hydrogen-bond donors (Lipinski definition) is 2. The molecule has 0 amide bonds. The molecule has 3 rings (SSSR count). The Morgan fingerprint density at radius 2 is 2.00 bits per heavy atom. The van der Waals surface area contributed by atoms with Crippen LogP contribution in [-0.4, -0.2) is 22.5 Å². The molecule has 0 aliphatic heterocycles. The van der Waals surface area contributed by atoms with Gasteiger partial charge in [-0.05, 0) is 32.9 Å². The van der Waals surface area contributed by atoms with Crippen LogP contribution in [0.2, 0.25) is 0 Å². The second-order valence-electron chi connectivity index (χ2n) is 5.92. The van der Waals surface area contributed by atoms with Crippen LogP contribution in [0.1, 0.15) is 28.1 Å². The predicted molar refractivity (Wildman–Crippen MR) is 105 cm³/mol. The van der Waals surface area contributed by atoms with E-state index < -0.39 is 0 Å². The van der Waals surface area contributed by atoms with E-state index in [4.69, 9.17) is 4.42 Å². The maximum absolute atomic E-state index is 5.59. The summed E-state index contributed by atoms with van der Waals surface area (Å²) in [5.74, 6) is 1.35. The Bertz CT molecular complexity index is 866. The second kappa shape index (κ2) is 8.62. The molecule has 0 atom stereocenters. The van der Waals surface area contributed by atoms with E-state index in [0.29, 0.717) is 19.0 Å². The zero-order chi connectivity index (χ0) is 18.4. The van der Waals surface area contributed by atoms with E-state index in [1.165, 1.54) is 10.4 Å². The molecule has 0 unspecified atom stereocenters. The molecule has 0 saturated carbocycles. The third-order valence-electron chi connectivity index (χ3n) is 3.67. The Morgan fingerprint density at radius 1 is 1.19 bits per heavy atom. The maximum Gasteiger partial charge on any atom is 0.226 e. The summed E-state index contributed by atoms with van der Waals surface area (Å²) in [5.41, 5.74) is 2.97. The molecule has 0 aliphatic rings. The van der Waals surface area contributed by atoms with E-state index in [2.05, 4.69) is 39.4 Å². The maximum atomic E-state index is 5.59. The SMILES string of the molecule is CCNC(=NCc1coc(-c2ccc(C)cc2)n1)NCc1ncc(C)s1. The highest BCUT2D eigenvalue weighted by atomic mass is 32.1. The summed E-state index contributed by atoms with van der Waals surface area (Å²) in [7, 11) is 0. The molecule has 0 saturated heterocycles. The van der Waals surface area contributed by atoms with E-state index in [9.17, 15) is 0 Å². The predicted octanol–water partition coefficient (Wildman–Crippen LogP) is 3.67. The summed E-state index contributed by atoms with van der Waals surface area (Å²) in [6, 6.07) is 8.11. The molecule has 136 valence electrons. The van der Waals surface area contributed by atoms with Crippen molar-refractivity contribution in [3.8, 4) is 11.5 Å². The average Bonchev–Trinajstić information content (AvgIpc) is 3.27. The zero-order valence-electron chi connectivity index (χ0n) is 15.2. The molecule has 0 spiro atoms. The molecule has 26 heavy (non-hydrogen) atoms. The van der Waals surface area contributed by atoms with Gasteiger partial charge in [0.25, 0.3) is 0 Å². The summed E-state index contributed by atoms with van der Waals surface area (Å²) in [6.45, 7) is 8.03. The van der Waals surface area contributed by atoms with Gasteiger partial charge in [-0.1, -0.05) is 17.7 Å². The van der Waals surface area contributed by atoms with Gasteiger partial charge in [0.1, 0.15) is 17.0 Å².